The van der Waals surface area contributed by atoms with Crippen LogP contribution in [-0.4, -0.2) is 43.5 Å². The summed E-state index contributed by atoms with van der Waals surface area (Å²) in [4.78, 5) is 4.67. The van der Waals surface area contributed by atoms with E-state index in [0.717, 1.165) is 53.6 Å². The number of pyridine rings is 1. The molecule has 6 heteroatoms. The first-order chi connectivity index (χ1) is 14.0. The highest BCUT2D eigenvalue weighted by molar-refractivity contribution is 6.76. The van der Waals surface area contributed by atoms with Crippen LogP contribution in [-0.2, 0) is 16.2 Å². The first-order valence-corrected chi connectivity index (χ1v) is 14.1. The first-order valence-electron chi connectivity index (χ1n) is 10.4. The fourth-order valence-electron chi connectivity index (χ4n) is 3.55. The van der Waals surface area contributed by atoms with Gasteiger partial charge in [-0.1, -0.05) is 50.0 Å². The van der Waals surface area contributed by atoms with E-state index in [1.807, 2.05) is 18.3 Å². The number of nitrogens with zero attached hydrogens (tertiary/aromatic N) is 2. The zero-order chi connectivity index (χ0) is 20.3. The van der Waals surface area contributed by atoms with Gasteiger partial charge in [0, 0.05) is 39.1 Å². The van der Waals surface area contributed by atoms with Crippen LogP contribution >= 0.6 is 0 Å². The van der Waals surface area contributed by atoms with Gasteiger partial charge in [-0.2, -0.15) is 0 Å². The van der Waals surface area contributed by atoms with E-state index >= 15 is 0 Å². The molecule has 3 heterocycles. The van der Waals surface area contributed by atoms with Crippen LogP contribution in [0.1, 0.15) is 6.42 Å². The SMILES string of the molecule is C[Si](C)(C)CCOCn1cc(-c2ccccc2)c2c(OC3CCOC3)ccnc21. The minimum absolute atomic E-state index is 0.0977. The van der Waals surface area contributed by atoms with Gasteiger partial charge in [0.1, 0.15) is 24.2 Å². The van der Waals surface area contributed by atoms with Crippen LogP contribution in [0.2, 0.25) is 25.7 Å². The number of hydrogen-bond acceptors (Lipinski definition) is 4. The number of ether oxygens (including phenoxy) is 3. The predicted molar refractivity (Wildman–Crippen MR) is 119 cm³/mol. The molecule has 1 unspecified atom stereocenters. The molecule has 4 rings (SSSR count). The summed E-state index contributed by atoms with van der Waals surface area (Å²) in [6, 6.07) is 13.5. The van der Waals surface area contributed by atoms with E-state index in [4.69, 9.17) is 14.2 Å². The third-order valence-corrected chi connectivity index (χ3v) is 6.92. The average molecular weight is 411 g/mol. The van der Waals surface area contributed by atoms with Crippen molar-refractivity contribution in [1.29, 1.82) is 0 Å². The van der Waals surface area contributed by atoms with Crippen molar-refractivity contribution >= 4 is 19.1 Å². The van der Waals surface area contributed by atoms with Crippen LogP contribution in [0.15, 0.2) is 48.8 Å². The van der Waals surface area contributed by atoms with Crippen molar-refractivity contribution < 1.29 is 14.2 Å². The summed E-state index contributed by atoms with van der Waals surface area (Å²) in [5.41, 5.74) is 3.17. The summed E-state index contributed by atoms with van der Waals surface area (Å²) in [6.45, 7) is 9.79. The number of hydrogen-bond donors (Lipinski definition) is 0. The Morgan fingerprint density at radius 3 is 2.72 bits per heavy atom. The Labute approximate surface area is 173 Å². The quantitative estimate of drug-likeness (QED) is 0.379. The molecule has 1 fully saturated rings. The topological polar surface area (TPSA) is 45.5 Å². The molecular formula is C23H30N2O3Si. The normalized spacial score (nSPS) is 17.1. The van der Waals surface area contributed by atoms with E-state index in [0.29, 0.717) is 13.3 Å². The molecule has 1 aliphatic rings. The van der Waals surface area contributed by atoms with Crippen LogP contribution in [0.3, 0.4) is 0 Å². The van der Waals surface area contributed by atoms with Crippen molar-refractivity contribution in [2.75, 3.05) is 19.8 Å². The third-order valence-electron chi connectivity index (χ3n) is 5.21. The van der Waals surface area contributed by atoms with E-state index in [1.54, 1.807) is 0 Å². The summed E-state index contributed by atoms with van der Waals surface area (Å²) in [5, 5.41) is 1.04. The van der Waals surface area contributed by atoms with Gasteiger partial charge < -0.3 is 18.8 Å². The Kier molecular flexibility index (Phi) is 6.03. The molecule has 0 spiro atoms. The first kappa shape index (κ1) is 20.1. The lowest BCUT2D eigenvalue weighted by Gasteiger charge is -2.16. The monoisotopic (exact) mass is 410 g/mol. The predicted octanol–water partition coefficient (Wildman–Crippen LogP) is 5.18. The number of rotatable bonds is 8. The molecule has 0 bridgehead atoms. The summed E-state index contributed by atoms with van der Waals surface area (Å²) < 4.78 is 19.9. The van der Waals surface area contributed by atoms with Gasteiger partial charge in [-0.25, -0.2) is 4.98 Å². The maximum Gasteiger partial charge on any atom is 0.146 e. The Hall–Kier alpha value is -2.15. The fourth-order valence-corrected chi connectivity index (χ4v) is 4.30. The molecule has 0 amide bonds. The van der Waals surface area contributed by atoms with Crippen LogP contribution < -0.4 is 4.74 Å². The molecule has 0 aliphatic carbocycles. The lowest BCUT2D eigenvalue weighted by molar-refractivity contribution is 0.0899. The maximum atomic E-state index is 6.32. The Balaban J connectivity index is 1.67. The van der Waals surface area contributed by atoms with Gasteiger partial charge in [0.2, 0.25) is 0 Å². The van der Waals surface area contributed by atoms with E-state index < -0.39 is 8.07 Å². The van der Waals surface area contributed by atoms with Crippen molar-refractivity contribution in [2.45, 2.75) is 44.9 Å². The van der Waals surface area contributed by atoms with Crippen molar-refractivity contribution in [1.82, 2.24) is 9.55 Å². The molecule has 1 atom stereocenters. The van der Waals surface area contributed by atoms with Crippen molar-refractivity contribution in [3.05, 3.63) is 48.8 Å². The summed E-state index contributed by atoms with van der Waals surface area (Å²) >= 11 is 0. The summed E-state index contributed by atoms with van der Waals surface area (Å²) in [6.07, 6.45) is 4.98. The van der Waals surface area contributed by atoms with E-state index in [1.165, 1.54) is 0 Å². The molecule has 154 valence electrons. The molecule has 5 nitrogen and oxygen atoms in total. The van der Waals surface area contributed by atoms with Gasteiger partial charge in [-0.3, -0.25) is 0 Å². The second kappa shape index (κ2) is 8.69. The van der Waals surface area contributed by atoms with Crippen molar-refractivity contribution in [2.24, 2.45) is 0 Å². The number of fused-ring (bicyclic) bond motifs is 1. The zero-order valence-corrected chi connectivity index (χ0v) is 18.6. The Morgan fingerprint density at radius 1 is 1.17 bits per heavy atom. The van der Waals surface area contributed by atoms with Crippen LogP contribution in [0.5, 0.6) is 5.75 Å². The maximum absolute atomic E-state index is 6.32. The minimum Gasteiger partial charge on any atom is -0.487 e. The van der Waals surface area contributed by atoms with Crippen LogP contribution in [0, 0.1) is 0 Å². The molecule has 3 aromatic rings. The number of aromatic nitrogens is 2. The highest BCUT2D eigenvalue weighted by Crippen LogP contribution is 2.37. The van der Waals surface area contributed by atoms with E-state index in [9.17, 15) is 0 Å². The smallest absolute Gasteiger partial charge is 0.146 e. The Bertz CT molecular complexity index is 944. The summed E-state index contributed by atoms with van der Waals surface area (Å²) in [7, 11) is -1.11. The van der Waals surface area contributed by atoms with E-state index in [2.05, 4.69) is 59.7 Å². The second-order valence-electron chi connectivity index (χ2n) is 8.84. The van der Waals surface area contributed by atoms with E-state index in [-0.39, 0.29) is 6.10 Å². The second-order valence-corrected chi connectivity index (χ2v) is 14.5. The lowest BCUT2D eigenvalue weighted by Crippen LogP contribution is -2.22. The molecule has 0 radical (unpaired) electrons. The van der Waals surface area contributed by atoms with Gasteiger partial charge >= 0.3 is 0 Å². The molecule has 1 saturated heterocycles. The lowest BCUT2D eigenvalue weighted by atomic mass is 10.1. The van der Waals surface area contributed by atoms with Gasteiger partial charge in [0.05, 0.1) is 18.6 Å². The fraction of sp³-hybridized carbons (Fsp3) is 0.435. The average Bonchev–Trinajstić information content (AvgIpc) is 3.34. The van der Waals surface area contributed by atoms with Crippen molar-refractivity contribution in [3.63, 3.8) is 0 Å². The standard InChI is InChI=1S/C23H30N2O3Si/c1-29(2,3)14-13-27-17-25-15-20(18-7-5-4-6-8-18)22-21(9-11-24-23(22)25)28-19-10-12-26-16-19/h4-9,11,15,19H,10,12-14,16-17H2,1-3H3. The van der Waals surface area contributed by atoms with Gasteiger partial charge in [-0.05, 0) is 17.7 Å². The zero-order valence-electron chi connectivity index (χ0n) is 17.6. The molecule has 0 saturated carbocycles. The highest BCUT2D eigenvalue weighted by Gasteiger charge is 2.22. The minimum atomic E-state index is -1.11. The molecule has 1 aromatic carbocycles. The van der Waals surface area contributed by atoms with Gasteiger partial charge in [-0.15, -0.1) is 0 Å². The number of benzene rings is 1. The Morgan fingerprint density at radius 2 is 2.00 bits per heavy atom. The summed E-state index contributed by atoms with van der Waals surface area (Å²) in [5.74, 6) is 0.866. The molecule has 2 aromatic heterocycles. The van der Waals surface area contributed by atoms with Gasteiger partial charge in [0.15, 0.2) is 0 Å². The van der Waals surface area contributed by atoms with Crippen LogP contribution in [0.4, 0.5) is 0 Å². The third kappa shape index (κ3) is 4.89. The highest BCUT2D eigenvalue weighted by atomic mass is 28.3. The molecule has 1 aliphatic heterocycles. The molecule has 29 heavy (non-hydrogen) atoms. The van der Waals surface area contributed by atoms with Gasteiger partial charge in [0.25, 0.3) is 0 Å². The van der Waals surface area contributed by atoms with Crippen molar-refractivity contribution in [3.8, 4) is 16.9 Å². The largest absolute Gasteiger partial charge is 0.487 e. The molecular weight excluding hydrogens is 380 g/mol. The molecule has 0 N–H and O–H groups in total. The van der Waals surface area contributed by atoms with Crippen LogP contribution in [0.25, 0.3) is 22.2 Å².